The van der Waals surface area contributed by atoms with E-state index in [4.69, 9.17) is 10.5 Å². The molecular formula is C16H25N3O2. The summed E-state index contributed by atoms with van der Waals surface area (Å²) < 4.78 is 5.25. The molecule has 1 aromatic rings. The molecule has 1 aliphatic heterocycles. The first-order chi connectivity index (χ1) is 10.2. The van der Waals surface area contributed by atoms with E-state index < -0.39 is 0 Å². The maximum Gasteiger partial charge on any atom is 0.238 e. The van der Waals surface area contributed by atoms with E-state index >= 15 is 0 Å². The van der Waals surface area contributed by atoms with E-state index in [9.17, 15) is 4.79 Å². The number of nitrogens with two attached hydrogens (primary N) is 1. The molecule has 1 aliphatic rings. The Morgan fingerprint density at radius 1 is 1.24 bits per heavy atom. The van der Waals surface area contributed by atoms with Crippen molar-refractivity contribution in [3.05, 3.63) is 18.2 Å². The summed E-state index contributed by atoms with van der Waals surface area (Å²) in [6, 6.07) is 5.25. The smallest absolute Gasteiger partial charge is 0.238 e. The number of nitrogens with zero attached hydrogens (tertiary/aromatic N) is 1. The molecule has 0 atom stereocenters. The van der Waals surface area contributed by atoms with Gasteiger partial charge in [0.05, 0.1) is 19.3 Å². The first-order valence-corrected chi connectivity index (χ1v) is 7.65. The average molecular weight is 291 g/mol. The Labute approximate surface area is 126 Å². The van der Waals surface area contributed by atoms with E-state index in [-0.39, 0.29) is 5.91 Å². The Morgan fingerprint density at radius 3 is 2.57 bits per heavy atom. The monoisotopic (exact) mass is 291 g/mol. The number of carbonyl (C=O) groups excluding carboxylic acids is 1. The zero-order valence-corrected chi connectivity index (χ0v) is 12.7. The van der Waals surface area contributed by atoms with Gasteiger partial charge in [-0.15, -0.1) is 0 Å². The molecule has 21 heavy (non-hydrogen) atoms. The van der Waals surface area contributed by atoms with Crippen LogP contribution in [0.3, 0.4) is 0 Å². The van der Waals surface area contributed by atoms with Crippen LogP contribution in [-0.4, -0.2) is 37.6 Å². The fourth-order valence-electron chi connectivity index (χ4n) is 2.67. The first-order valence-electron chi connectivity index (χ1n) is 7.65. The van der Waals surface area contributed by atoms with Crippen LogP contribution >= 0.6 is 0 Å². The molecule has 0 spiro atoms. The fourth-order valence-corrected chi connectivity index (χ4v) is 2.67. The minimum absolute atomic E-state index is 0.00125. The van der Waals surface area contributed by atoms with Gasteiger partial charge in [-0.25, -0.2) is 0 Å². The van der Waals surface area contributed by atoms with Crippen molar-refractivity contribution in [3.8, 4) is 5.75 Å². The van der Waals surface area contributed by atoms with Crippen LogP contribution in [0.4, 0.5) is 11.4 Å². The van der Waals surface area contributed by atoms with Crippen LogP contribution in [0.1, 0.15) is 32.1 Å². The van der Waals surface area contributed by atoms with Crippen LogP contribution in [0.2, 0.25) is 0 Å². The highest BCUT2D eigenvalue weighted by Crippen LogP contribution is 2.26. The SMILES string of the molecule is COc1cc(N)ccc1NC(=O)CN1CCCCCCC1. The fraction of sp³-hybridized carbons (Fsp3) is 0.562. The molecule has 0 aromatic heterocycles. The number of anilines is 2. The van der Waals surface area contributed by atoms with Gasteiger partial charge < -0.3 is 15.8 Å². The van der Waals surface area contributed by atoms with Gasteiger partial charge in [0.1, 0.15) is 5.75 Å². The molecule has 1 aromatic carbocycles. The zero-order valence-electron chi connectivity index (χ0n) is 12.7. The number of carbonyl (C=O) groups is 1. The Bertz CT molecular complexity index is 469. The minimum Gasteiger partial charge on any atom is -0.494 e. The minimum atomic E-state index is -0.00125. The highest BCUT2D eigenvalue weighted by molar-refractivity contribution is 5.94. The predicted molar refractivity (Wildman–Crippen MR) is 85.6 cm³/mol. The van der Waals surface area contributed by atoms with E-state index in [1.807, 2.05) is 0 Å². The lowest BCUT2D eigenvalue weighted by Crippen LogP contribution is -2.35. The molecule has 1 fully saturated rings. The van der Waals surface area contributed by atoms with Gasteiger partial charge in [-0.3, -0.25) is 9.69 Å². The lowest BCUT2D eigenvalue weighted by molar-refractivity contribution is -0.117. The standard InChI is InChI=1S/C16H25N3O2/c1-21-15-11-13(17)7-8-14(15)18-16(20)12-19-9-5-3-2-4-6-10-19/h7-8,11H,2-6,9-10,12,17H2,1H3,(H,18,20). The maximum atomic E-state index is 12.2. The van der Waals surface area contributed by atoms with Crippen molar-refractivity contribution < 1.29 is 9.53 Å². The number of nitrogens with one attached hydrogen (secondary N) is 1. The van der Waals surface area contributed by atoms with Gasteiger partial charge >= 0.3 is 0 Å². The van der Waals surface area contributed by atoms with Crippen molar-refractivity contribution >= 4 is 17.3 Å². The van der Waals surface area contributed by atoms with Gasteiger partial charge in [0.15, 0.2) is 0 Å². The van der Waals surface area contributed by atoms with Gasteiger partial charge in [0, 0.05) is 11.8 Å². The van der Waals surface area contributed by atoms with Gasteiger partial charge in [-0.2, -0.15) is 0 Å². The highest BCUT2D eigenvalue weighted by atomic mass is 16.5. The third-order valence-electron chi connectivity index (χ3n) is 3.82. The summed E-state index contributed by atoms with van der Waals surface area (Å²) in [5.74, 6) is 0.592. The molecular weight excluding hydrogens is 266 g/mol. The number of likely N-dealkylation sites (tertiary alicyclic amines) is 1. The van der Waals surface area contributed by atoms with Crippen molar-refractivity contribution in [2.24, 2.45) is 0 Å². The molecule has 116 valence electrons. The lowest BCUT2D eigenvalue weighted by Gasteiger charge is -2.24. The summed E-state index contributed by atoms with van der Waals surface area (Å²) in [4.78, 5) is 14.4. The molecule has 0 bridgehead atoms. The van der Waals surface area contributed by atoms with Crippen LogP contribution in [0.25, 0.3) is 0 Å². The summed E-state index contributed by atoms with van der Waals surface area (Å²) in [7, 11) is 1.57. The molecule has 0 saturated carbocycles. The van der Waals surface area contributed by atoms with E-state index in [1.54, 1.807) is 25.3 Å². The molecule has 5 heteroatoms. The Hall–Kier alpha value is -1.75. The second kappa shape index (κ2) is 7.88. The van der Waals surface area contributed by atoms with Crippen molar-refractivity contribution in [2.45, 2.75) is 32.1 Å². The Balaban J connectivity index is 1.91. The van der Waals surface area contributed by atoms with Gasteiger partial charge in [0.25, 0.3) is 0 Å². The average Bonchev–Trinajstić information content (AvgIpc) is 2.43. The van der Waals surface area contributed by atoms with E-state index in [2.05, 4.69) is 10.2 Å². The highest BCUT2D eigenvalue weighted by Gasteiger charge is 2.14. The van der Waals surface area contributed by atoms with Gasteiger partial charge in [-0.05, 0) is 38.1 Å². The molecule has 0 radical (unpaired) electrons. The van der Waals surface area contributed by atoms with Gasteiger partial charge in [0.2, 0.25) is 5.91 Å². The largest absolute Gasteiger partial charge is 0.494 e. The van der Waals surface area contributed by atoms with Crippen molar-refractivity contribution in [3.63, 3.8) is 0 Å². The number of rotatable bonds is 4. The third kappa shape index (κ3) is 4.93. The molecule has 1 saturated heterocycles. The summed E-state index contributed by atoms with van der Waals surface area (Å²) in [6.07, 6.45) is 6.22. The summed E-state index contributed by atoms with van der Waals surface area (Å²) in [6.45, 7) is 2.45. The van der Waals surface area contributed by atoms with Crippen LogP contribution in [0.5, 0.6) is 5.75 Å². The number of benzene rings is 1. The molecule has 0 unspecified atom stereocenters. The van der Waals surface area contributed by atoms with E-state index in [0.717, 1.165) is 13.1 Å². The van der Waals surface area contributed by atoms with Crippen molar-refractivity contribution in [2.75, 3.05) is 37.8 Å². The zero-order chi connectivity index (χ0) is 15.1. The van der Waals surface area contributed by atoms with E-state index in [0.29, 0.717) is 23.7 Å². The quantitative estimate of drug-likeness (QED) is 0.836. The summed E-state index contributed by atoms with van der Waals surface area (Å²) >= 11 is 0. The van der Waals surface area contributed by atoms with Gasteiger partial charge in [-0.1, -0.05) is 19.3 Å². The van der Waals surface area contributed by atoms with E-state index in [1.165, 1.54) is 32.1 Å². The second-order valence-electron chi connectivity index (χ2n) is 5.55. The maximum absolute atomic E-state index is 12.2. The normalized spacial score (nSPS) is 16.8. The van der Waals surface area contributed by atoms with Crippen LogP contribution in [-0.2, 0) is 4.79 Å². The van der Waals surface area contributed by atoms with Crippen molar-refractivity contribution in [1.82, 2.24) is 4.90 Å². The third-order valence-corrected chi connectivity index (χ3v) is 3.82. The molecule has 1 amide bonds. The molecule has 2 rings (SSSR count). The molecule has 1 heterocycles. The van der Waals surface area contributed by atoms with Crippen LogP contribution < -0.4 is 15.8 Å². The number of hydrogen-bond acceptors (Lipinski definition) is 4. The summed E-state index contributed by atoms with van der Waals surface area (Å²) in [5.41, 5.74) is 7.00. The molecule has 0 aliphatic carbocycles. The number of amides is 1. The number of nitrogen functional groups attached to an aromatic ring is 1. The number of methoxy groups -OCH3 is 1. The number of hydrogen-bond donors (Lipinski definition) is 2. The van der Waals surface area contributed by atoms with Crippen molar-refractivity contribution in [1.29, 1.82) is 0 Å². The summed E-state index contributed by atoms with van der Waals surface area (Å²) in [5, 5.41) is 2.91. The second-order valence-corrected chi connectivity index (χ2v) is 5.55. The first kappa shape index (κ1) is 15.6. The van der Waals surface area contributed by atoms with Crippen LogP contribution in [0.15, 0.2) is 18.2 Å². The topological polar surface area (TPSA) is 67.6 Å². The predicted octanol–water partition coefficient (Wildman–Crippen LogP) is 2.48. The van der Waals surface area contributed by atoms with Crippen LogP contribution in [0, 0.1) is 0 Å². The number of ether oxygens (including phenoxy) is 1. The lowest BCUT2D eigenvalue weighted by atomic mass is 10.1. The molecule has 3 N–H and O–H groups in total. The molecule has 5 nitrogen and oxygen atoms in total. The Kier molecular flexibility index (Phi) is 5.87. The Morgan fingerprint density at radius 2 is 1.90 bits per heavy atom.